The maximum absolute atomic E-state index is 10.4. The van der Waals surface area contributed by atoms with Crippen LogP contribution in [-0.2, 0) is 0 Å². The number of hydrogen-bond acceptors (Lipinski definition) is 5. The maximum atomic E-state index is 10.4. The predicted octanol–water partition coefficient (Wildman–Crippen LogP) is 3.36. The molecule has 1 unspecified atom stereocenters. The zero-order chi connectivity index (χ0) is 16.1. The average Bonchev–Trinajstić information content (AvgIpc) is 2.63. The number of aliphatic hydroxyl groups excluding tert-OH is 1. The van der Waals surface area contributed by atoms with Crippen LogP contribution in [0.5, 0.6) is 17.4 Å². The van der Waals surface area contributed by atoms with Crippen molar-refractivity contribution in [2.45, 2.75) is 6.10 Å². The van der Waals surface area contributed by atoms with Gasteiger partial charge in [-0.1, -0.05) is 18.2 Å². The molecule has 0 aliphatic heterocycles. The van der Waals surface area contributed by atoms with Crippen molar-refractivity contribution in [3.8, 4) is 17.4 Å². The van der Waals surface area contributed by atoms with Gasteiger partial charge in [-0.15, -0.1) is 0 Å². The van der Waals surface area contributed by atoms with Gasteiger partial charge in [0.25, 0.3) is 0 Å². The quantitative estimate of drug-likeness (QED) is 0.783. The molecule has 0 radical (unpaired) electrons. The maximum Gasteiger partial charge on any atom is 0.219 e. The normalized spacial score (nSPS) is 11.7. The molecule has 0 fully saturated rings. The minimum absolute atomic E-state index is 0.478. The predicted molar refractivity (Wildman–Crippen MR) is 85.6 cm³/mol. The molecule has 23 heavy (non-hydrogen) atoms. The van der Waals surface area contributed by atoms with E-state index < -0.39 is 6.10 Å². The van der Waals surface area contributed by atoms with E-state index in [0.717, 1.165) is 0 Å². The molecule has 2 aromatic heterocycles. The number of nitrogens with zero attached hydrogens (tertiary/aromatic N) is 2. The molecule has 0 saturated carbocycles. The van der Waals surface area contributed by atoms with Gasteiger partial charge in [-0.3, -0.25) is 4.98 Å². The molecule has 5 heteroatoms. The van der Waals surface area contributed by atoms with Crippen LogP contribution in [-0.4, -0.2) is 22.2 Å². The van der Waals surface area contributed by atoms with Gasteiger partial charge in [0, 0.05) is 30.2 Å². The molecule has 0 spiro atoms. The van der Waals surface area contributed by atoms with Crippen molar-refractivity contribution in [1.29, 1.82) is 0 Å². The van der Waals surface area contributed by atoms with Crippen LogP contribution < -0.4 is 9.47 Å². The van der Waals surface area contributed by atoms with Gasteiger partial charge in [0.15, 0.2) is 11.5 Å². The van der Waals surface area contributed by atoms with E-state index >= 15 is 0 Å². The van der Waals surface area contributed by atoms with Gasteiger partial charge in [-0.2, -0.15) is 0 Å². The summed E-state index contributed by atoms with van der Waals surface area (Å²) in [7, 11) is 1.56. The number of hydrogen-bond donors (Lipinski definition) is 1. The summed E-state index contributed by atoms with van der Waals surface area (Å²) in [6.07, 6.45) is 4.18. The Morgan fingerprint density at radius 2 is 1.87 bits per heavy atom. The Bertz CT molecular complexity index is 764. The molecule has 1 aromatic carbocycles. The number of benzene rings is 1. The molecular weight excluding hydrogens is 292 g/mol. The van der Waals surface area contributed by atoms with E-state index in [9.17, 15) is 5.11 Å². The second-order valence-corrected chi connectivity index (χ2v) is 4.87. The van der Waals surface area contributed by atoms with Crippen LogP contribution in [0.15, 0.2) is 67.1 Å². The highest BCUT2D eigenvalue weighted by molar-refractivity contribution is 5.46. The monoisotopic (exact) mass is 308 g/mol. The summed E-state index contributed by atoms with van der Waals surface area (Å²) in [5.41, 5.74) is 1.41. The Balaban J connectivity index is 1.88. The van der Waals surface area contributed by atoms with Crippen LogP contribution in [0.1, 0.15) is 17.2 Å². The van der Waals surface area contributed by atoms with E-state index in [1.54, 1.807) is 56.0 Å². The van der Waals surface area contributed by atoms with Crippen molar-refractivity contribution in [2.24, 2.45) is 0 Å². The lowest BCUT2D eigenvalue weighted by Gasteiger charge is -2.15. The lowest BCUT2D eigenvalue weighted by Crippen LogP contribution is -2.01. The van der Waals surface area contributed by atoms with Crippen LogP contribution in [0.25, 0.3) is 0 Å². The van der Waals surface area contributed by atoms with E-state index in [0.29, 0.717) is 28.5 Å². The van der Waals surface area contributed by atoms with Gasteiger partial charge in [0.05, 0.1) is 7.11 Å². The second-order valence-electron chi connectivity index (χ2n) is 4.87. The van der Waals surface area contributed by atoms with E-state index in [-0.39, 0.29) is 0 Å². The fraction of sp³-hybridized carbons (Fsp3) is 0.111. The Hall–Kier alpha value is -2.92. The molecule has 116 valence electrons. The standard InChI is InChI=1S/C18H16N2O3/c1-22-16-11-13(18(21)14-5-4-9-19-12-14)7-8-15(16)23-17-6-2-3-10-20-17/h2-12,18,21H,1H3. The summed E-state index contributed by atoms with van der Waals surface area (Å²) in [4.78, 5) is 8.14. The molecule has 3 rings (SSSR count). The molecule has 2 heterocycles. The van der Waals surface area contributed by atoms with Gasteiger partial charge in [0.2, 0.25) is 5.88 Å². The molecule has 0 aliphatic rings. The lowest BCUT2D eigenvalue weighted by atomic mass is 10.0. The lowest BCUT2D eigenvalue weighted by molar-refractivity contribution is 0.219. The molecule has 5 nitrogen and oxygen atoms in total. The molecule has 0 aliphatic carbocycles. The summed E-state index contributed by atoms with van der Waals surface area (Å²) in [5, 5.41) is 10.4. The van der Waals surface area contributed by atoms with Crippen LogP contribution in [0, 0.1) is 0 Å². The SMILES string of the molecule is COc1cc(C(O)c2cccnc2)ccc1Oc1ccccn1. The minimum Gasteiger partial charge on any atom is -0.493 e. The molecular formula is C18H16N2O3. The molecule has 0 bridgehead atoms. The minimum atomic E-state index is -0.776. The number of aliphatic hydroxyl groups is 1. The van der Waals surface area contributed by atoms with Crippen molar-refractivity contribution in [3.63, 3.8) is 0 Å². The first-order valence-corrected chi connectivity index (χ1v) is 7.13. The summed E-state index contributed by atoms with van der Waals surface area (Å²) in [6.45, 7) is 0. The molecule has 1 N–H and O–H groups in total. The zero-order valence-corrected chi connectivity index (χ0v) is 12.6. The summed E-state index contributed by atoms with van der Waals surface area (Å²) in [6, 6.07) is 14.3. The van der Waals surface area contributed by atoms with Gasteiger partial charge in [-0.25, -0.2) is 4.98 Å². The smallest absolute Gasteiger partial charge is 0.219 e. The Kier molecular flexibility index (Phi) is 4.49. The van der Waals surface area contributed by atoms with E-state index in [2.05, 4.69) is 9.97 Å². The van der Waals surface area contributed by atoms with Crippen molar-refractivity contribution < 1.29 is 14.6 Å². The van der Waals surface area contributed by atoms with E-state index in [4.69, 9.17) is 9.47 Å². The Labute approximate surface area is 134 Å². The highest BCUT2D eigenvalue weighted by atomic mass is 16.5. The fourth-order valence-electron chi connectivity index (χ4n) is 2.19. The van der Waals surface area contributed by atoms with Crippen LogP contribution in [0.2, 0.25) is 0 Å². The Morgan fingerprint density at radius 1 is 0.957 bits per heavy atom. The topological polar surface area (TPSA) is 64.5 Å². The number of aromatic nitrogens is 2. The highest BCUT2D eigenvalue weighted by Gasteiger charge is 2.14. The third kappa shape index (κ3) is 3.46. The van der Waals surface area contributed by atoms with Gasteiger partial charge in [-0.05, 0) is 29.8 Å². The molecule has 0 saturated heterocycles. The van der Waals surface area contributed by atoms with E-state index in [1.807, 2.05) is 18.2 Å². The highest BCUT2D eigenvalue weighted by Crippen LogP contribution is 2.34. The molecule has 0 amide bonds. The first-order chi connectivity index (χ1) is 11.3. The van der Waals surface area contributed by atoms with Crippen molar-refractivity contribution in [1.82, 2.24) is 9.97 Å². The summed E-state index contributed by atoms with van der Waals surface area (Å²) in [5.74, 6) is 1.54. The van der Waals surface area contributed by atoms with Crippen LogP contribution >= 0.6 is 0 Å². The number of methoxy groups -OCH3 is 1. The van der Waals surface area contributed by atoms with Crippen molar-refractivity contribution in [2.75, 3.05) is 7.11 Å². The van der Waals surface area contributed by atoms with Gasteiger partial charge in [0.1, 0.15) is 6.10 Å². The van der Waals surface area contributed by atoms with Gasteiger partial charge >= 0.3 is 0 Å². The zero-order valence-electron chi connectivity index (χ0n) is 12.6. The first-order valence-electron chi connectivity index (χ1n) is 7.13. The first kappa shape index (κ1) is 15.0. The number of pyridine rings is 2. The van der Waals surface area contributed by atoms with Crippen molar-refractivity contribution in [3.05, 3.63) is 78.2 Å². The summed E-state index contributed by atoms with van der Waals surface area (Å²) >= 11 is 0. The number of rotatable bonds is 5. The third-order valence-electron chi connectivity index (χ3n) is 3.36. The average molecular weight is 308 g/mol. The third-order valence-corrected chi connectivity index (χ3v) is 3.36. The van der Waals surface area contributed by atoms with Gasteiger partial charge < -0.3 is 14.6 Å². The molecule has 3 aromatic rings. The number of ether oxygens (including phenoxy) is 2. The largest absolute Gasteiger partial charge is 0.493 e. The summed E-state index contributed by atoms with van der Waals surface area (Å²) < 4.78 is 11.1. The van der Waals surface area contributed by atoms with Crippen molar-refractivity contribution >= 4 is 0 Å². The fourth-order valence-corrected chi connectivity index (χ4v) is 2.19. The molecule has 1 atom stereocenters. The van der Waals surface area contributed by atoms with E-state index in [1.165, 1.54) is 0 Å². The van der Waals surface area contributed by atoms with Crippen LogP contribution in [0.3, 0.4) is 0 Å². The Morgan fingerprint density at radius 3 is 2.57 bits per heavy atom. The van der Waals surface area contributed by atoms with Crippen LogP contribution in [0.4, 0.5) is 0 Å². The second kappa shape index (κ2) is 6.89.